The lowest BCUT2D eigenvalue weighted by Crippen LogP contribution is -2.48. The number of hydrogen-bond donors (Lipinski definition) is 0. The fourth-order valence-corrected chi connectivity index (χ4v) is 3.28. The summed E-state index contributed by atoms with van der Waals surface area (Å²) in [6.45, 7) is 10.4. The Morgan fingerprint density at radius 3 is 2.57 bits per heavy atom. The lowest BCUT2D eigenvalue weighted by molar-refractivity contribution is 0.0631. The zero-order valence-corrected chi connectivity index (χ0v) is 14.7. The molecular formula is C16H23N5OS. The number of hydrogen-bond acceptors (Lipinski definition) is 5. The van der Waals surface area contributed by atoms with Crippen LogP contribution in [0.1, 0.15) is 36.1 Å². The molecule has 124 valence electrons. The quantitative estimate of drug-likeness (QED) is 0.863. The molecular weight excluding hydrogens is 310 g/mol. The van der Waals surface area contributed by atoms with Crippen molar-refractivity contribution in [2.45, 2.75) is 32.9 Å². The van der Waals surface area contributed by atoms with Gasteiger partial charge in [0.1, 0.15) is 0 Å². The number of thiophene rings is 1. The second-order valence-corrected chi connectivity index (χ2v) is 7.82. The highest BCUT2D eigenvalue weighted by Crippen LogP contribution is 2.16. The average molecular weight is 333 g/mol. The SMILES string of the molecule is CC(C)(C)n1cc(CN2CCN(C(=O)c3cccs3)CC2)nn1. The Labute approximate surface area is 140 Å². The minimum Gasteiger partial charge on any atom is -0.335 e. The van der Waals surface area contributed by atoms with Crippen molar-refractivity contribution in [1.29, 1.82) is 0 Å². The van der Waals surface area contributed by atoms with E-state index in [4.69, 9.17) is 0 Å². The first-order chi connectivity index (χ1) is 10.9. The van der Waals surface area contributed by atoms with Crippen molar-refractivity contribution in [2.24, 2.45) is 0 Å². The fraction of sp³-hybridized carbons (Fsp3) is 0.562. The molecule has 3 rings (SSSR count). The summed E-state index contributed by atoms with van der Waals surface area (Å²) in [6.07, 6.45) is 2.02. The first kappa shape index (κ1) is 16.1. The van der Waals surface area contributed by atoms with Crippen molar-refractivity contribution in [3.05, 3.63) is 34.3 Å². The van der Waals surface area contributed by atoms with Gasteiger partial charge in [0.05, 0.1) is 22.3 Å². The Bertz CT molecular complexity index is 650. The molecule has 23 heavy (non-hydrogen) atoms. The van der Waals surface area contributed by atoms with Crippen LogP contribution in [0.3, 0.4) is 0 Å². The van der Waals surface area contributed by atoms with Crippen LogP contribution in [0.4, 0.5) is 0 Å². The average Bonchev–Trinajstić information content (AvgIpc) is 3.18. The van der Waals surface area contributed by atoms with E-state index in [0.29, 0.717) is 0 Å². The number of carbonyl (C=O) groups excluding carboxylic acids is 1. The predicted octanol–water partition coefficient (Wildman–Crippen LogP) is 2.05. The molecule has 0 aromatic carbocycles. The first-order valence-electron chi connectivity index (χ1n) is 7.90. The molecule has 0 N–H and O–H groups in total. The van der Waals surface area contributed by atoms with Crippen LogP contribution in [-0.2, 0) is 12.1 Å². The van der Waals surface area contributed by atoms with Crippen LogP contribution in [0.15, 0.2) is 23.7 Å². The largest absolute Gasteiger partial charge is 0.335 e. The van der Waals surface area contributed by atoms with Crippen LogP contribution in [0.25, 0.3) is 0 Å². The number of piperazine rings is 1. The van der Waals surface area contributed by atoms with Crippen LogP contribution >= 0.6 is 11.3 Å². The summed E-state index contributed by atoms with van der Waals surface area (Å²) in [4.78, 5) is 17.4. The van der Waals surface area contributed by atoms with Crippen LogP contribution in [0.5, 0.6) is 0 Å². The normalized spacial score (nSPS) is 16.7. The van der Waals surface area contributed by atoms with Gasteiger partial charge in [-0.1, -0.05) is 11.3 Å². The molecule has 3 heterocycles. The van der Waals surface area contributed by atoms with Gasteiger partial charge in [-0.2, -0.15) is 0 Å². The number of carbonyl (C=O) groups is 1. The van der Waals surface area contributed by atoms with Gasteiger partial charge < -0.3 is 4.90 Å². The molecule has 1 aliphatic heterocycles. The maximum Gasteiger partial charge on any atom is 0.264 e. The van der Waals surface area contributed by atoms with E-state index in [1.165, 1.54) is 11.3 Å². The van der Waals surface area contributed by atoms with E-state index in [9.17, 15) is 4.79 Å². The third kappa shape index (κ3) is 3.79. The molecule has 1 saturated heterocycles. The van der Waals surface area contributed by atoms with Gasteiger partial charge in [0.15, 0.2) is 0 Å². The summed E-state index contributed by atoms with van der Waals surface area (Å²) in [5.74, 6) is 0.151. The minimum absolute atomic E-state index is 0.0446. The topological polar surface area (TPSA) is 54.3 Å². The molecule has 2 aromatic heterocycles. The Balaban J connectivity index is 1.53. The van der Waals surface area contributed by atoms with Gasteiger partial charge in [0.25, 0.3) is 5.91 Å². The second kappa shape index (κ2) is 6.41. The molecule has 0 unspecified atom stereocenters. The van der Waals surface area contributed by atoms with E-state index in [-0.39, 0.29) is 11.4 Å². The monoisotopic (exact) mass is 333 g/mol. The van der Waals surface area contributed by atoms with Crippen molar-refractivity contribution in [1.82, 2.24) is 24.8 Å². The van der Waals surface area contributed by atoms with E-state index >= 15 is 0 Å². The highest BCUT2D eigenvalue weighted by atomic mass is 32.1. The van der Waals surface area contributed by atoms with Gasteiger partial charge in [0.2, 0.25) is 0 Å². The van der Waals surface area contributed by atoms with Gasteiger partial charge in [0, 0.05) is 32.7 Å². The molecule has 0 saturated carbocycles. The van der Waals surface area contributed by atoms with Crippen molar-refractivity contribution in [3.63, 3.8) is 0 Å². The number of nitrogens with zero attached hydrogens (tertiary/aromatic N) is 5. The molecule has 7 heteroatoms. The van der Waals surface area contributed by atoms with Gasteiger partial charge in [-0.3, -0.25) is 9.69 Å². The molecule has 0 radical (unpaired) electrons. The fourth-order valence-electron chi connectivity index (χ4n) is 2.59. The molecule has 2 aromatic rings. The minimum atomic E-state index is -0.0446. The molecule has 6 nitrogen and oxygen atoms in total. The molecule has 1 amide bonds. The Morgan fingerprint density at radius 1 is 1.26 bits per heavy atom. The number of rotatable bonds is 3. The maximum absolute atomic E-state index is 12.3. The van der Waals surface area contributed by atoms with Crippen molar-refractivity contribution in [3.8, 4) is 0 Å². The Hall–Kier alpha value is -1.73. The van der Waals surface area contributed by atoms with E-state index in [1.807, 2.05) is 33.3 Å². The van der Waals surface area contributed by atoms with Crippen molar-refractivity contribution < 1.29 is 4.79 Å². The smallest absolute Gasteiger partial charge is 0.264 e. The predicted molar refractivity (Wildman–Crippen MR) is 90.5 cm³/mol. The zero-order valence-electron chi connectivity index (χ0n) is 13.9. The molecule has 1 aliphatic rings. The highest BCUT2D eigenvalue weighted by molar-refractivity contribution is 7.12. The summed E-state index contributed by atoms with van der Waals surface area (Å²) in [5.41, 5.74) is 0.940. The molecule has 1 fully saturated rings. The number of amides is 1. The highest BCUT2D eigenvalue weighted by Gasteiger charge is 2.23. The Morgan fingerprint density at radius 2 is 2.00 bits per heavy atom. The molecule has 0 spiro atoms. The Kier molecular flexibility index (Phi) is 4.50. The van der Waals surface area contributed by atoms with Crippen molar-refractivity contribution in [2.75, 3.05) is 26.2 Å². The summed E-state index contributed by atoms with van der Waals surface area (Å²) in [5, 5.41) is 10.4. The standard InChI is InChI=1S/C16H23N5OS/c1-16(2,3)21-12-13(17-18-21)11-19-6-8-20(9-7-19)15(22)14-5-4-10-23-14/h4-5,10,12H,6-9,11H2,1-3H3. The van der Waals surface area contributed by atoms with Crippen LogP contribution in [0, 0.1) is 0 Å². The lowest BCUT2D eigenvalue weighted by atomic mass is 10.1. The first-order valence-corrected chi connectivity index (χ1v) is 8.78. The summed E-state index contributed by atoms with van der Waals surface area (Å²) in [6, 6.07) is 3.82. The van der Waals surface area contributed by atoms with Gasteiger partial charge in [-0.15, -0.1) is 16.4 Å². The van der Waals surface area contributed by atoms with E-state index < -0.39 is 0 Å². The second-order valence-electron chi connectivity index (χ2n) is 6.87. The van der Waals surface area contributed by atoms with Crippen LogP contribution in [-0.4, -0.2) is 56.9 Å². The zero-order chi connectivity index (χ0) is 16.4. The van der Waals surface area contributed by atoms with Gasteiger partial charge in [-0.25, -0.2) is 4.68 Å². The lowest BCUT2D eigenvalue weighted by Gasteiger charge is -2.34. The van der Waals surface area contributed by atoms with Gasteiger partial charge >= 0.3 is 0 Å². The molecule has 0 aliphatic carbocycles. The van der Waals surface area contributed by atoms with E-state index in [2.05, 4.69) is 36.0 Å². The van der Waals surface area contributed by atoms with Crippen LogP contribution < -0.4 is 0 Å². The van der Waals surface area contributed by atoms with E-state index in [1.54, 1.807) is 0 Å². The van der Waals surface area contributed by atoms with Crippen molar-refractivity contribution >= 4 is 17.2 Å². The third-order valence-electron chi connectivity index (χ3n) is 4.01. The summed E-state index contributed by atoms with van der Waals surface area (Å²) in [7, 11) is 0. The summed E-state index contributed by atoms with van der Waals surface area (Å²) >= 11 is 1.51. The van der Waals surface area contributed by atoms with Crippen LogP contribution in [0.2, 0.25) is 0 Å². The molecule has 0 atom stereocenters. The van der Waals surface area contributed by atoms with E-state index in [0.717, 1.165) is 43.3 Å². The molecule has 0 bridgehead atoms. The summed E-state index contributed by atoms with van der Waals surface area (Å²) < 4.78 is 1.90. The van der Waals surface area contributed by atoms with Gasteiger partial charge in [-0.05, 0) is 32.2 Å². The maximum atomic E-state index is 12.3. The third-order valence-corrected chi connectivity index (χ3v) is 4.86. The number of aromatic nitrogens is 3.